The van der Waals surface area contributed by atoms with Gasteiger partial charge in [0.1, 0.15) is 4.47 Å². The van der Waals surface area contributed by atoms with Crippen LogP contribution < -0.4 is 16.2 Å². The smallest absolute Gasteiger partial charge is 0.282 e. The number of aryl methyl sites for hydroxylation is 1. The van der Waals surface area contributed by atoms with E-state index in [-0.39, 0.29) is 5.56 Å². The molecular weight excluding hydrogens is 296 g/mol. The Labute approximate surface area is 115 Å². The van der Waals surface area contributed by atoms with Crippen LogP contribution in [0.4, 0.5) is 5.69 Å². The summed E-state index contributed by atoms with van der Waals surface area (Å²) in [4.78, 5) is 14.0. The third kappa shape index (κ3) is 2.31. The molecule has 0 aliphatic heterocycles. The van der Waals surface area contributed by atoms with Crippen LogP contribution >= 0.6 is 15.9 Å². The Kier molecular flexibility index (Phi) is 4.07. The van der Waals surface area contributed by atoms with Crippen molar-refractivity contribution in [1.82, 2.24) is 9.78 Å². The molecule has 0 amide bonds. The fraction of sp³-hybridized carbons (Fsp3) is 0.667. The Bertz CT molecular complexity index is 487. The maximum Gasteiger partial charge on any atom is 0.282 e. The van der Waals surface area contributed by atoms with Gasteiger partial charge in [-0.05, 0) is 41.2 Å². The van der Waals surface area contributed by atoms with Crippen molar-refractivity contribution < 1.29 is 0 Å². The average Bonchev–Trinajstić information content (AvgIpc) is 2.83. The second-order valence-corrected chi connectivity index (χ2v) is 5.67. The zero-order valence-corrected chi connectivity index (χ0v) is 12.4. The number of nitrogens with zero attached hydrogens (tertiary/aromatic N) is 3. The molecule has 0 saturated heterocycles. The molecule has 0 radical (unpaired) electrons. The molecule has 100 valence electrons. The maximum absolute atomic E-state index is 11.9. The zero-order chi connectivity index (χ0) is 13.3. The molecule has 1 aliphatic rings. The number of rotatable bonds is 3. The molecule has 1 heterocycles. The van der Waals surface area contributed by atoms with Crippen LogP contribution in [0.15, 0.2) is 15.5 Å². The Morgan fingerprint density at radius 2 is 2.33 bits per heavy atom. The Morgan fingerprint density at radius 1 is 1.61 bits per heavy atom. The molecule has 1 aromatic rings. The fourth-order valence-corrected chi connectivity index (χ4v) is 3.37. The van der Waals surface area contributed by atoms with Gasteiger partial charge in [-0.15, -0.1) is 0 Å². The van der Waals surface area contributed by atoms with Gasteiger partial charge in [-0.25, -0.2) is 4.68 Å². The van der Waals surface area contributed by atoms with Crippen LogP contribution in [-0.2, 0) is 7.05 Å². The van der Waals surface area contributed by atoms with Crippen molar-refractivity contribution in [3.8, 4) is 0 Å². The summed E-state index contributed by atoms with van der Waals surface area (Å²) in [5, 5.41) is 4.08. The van der Waals surface area contributed by atoms with Crippen molar-refractivity contribution in [1.29, 1.82) is 0 Å². The molecule has 18 heavy (non-hydrogen) atoms. The van der Waals surface area contributed by atoms with E-state index >= 15 is 0 Å². The van der Waals surface area contributed by atoms with Gasteiger partial charge in [0.05, 0.1) is 11.9 Å². The van der Waals surface area contributed by atoms with Gasteiger partial charge in [-0.1, -0.05) is 6.42 Å². The molecule has 1 aliphatic carbocycles. The summed E-state index contributed by atoms with van der Waals surface area (Å²) < 4.78 is 1.90. The van der Waals surface area contributed by atoms with Crippen molar-refractivity contribution in [3.63, 3.8) is 0 Å². The van der Waals surface area contributed by atoms with Crippen molar-refractivity contribution in [2.75, 3.05) is 18.5 Å². The Balaban J connectivity index is 2.31. The summed E-state index contributed by atoms with van der Waals surface area (Å²) in [7, 11) is 3.66. The molecule has 5 nitrogen and oxygen atoms in total. The van der Waals surface area contributed by atoms with Gasteiger partial charge in [0.2, 0.25) is 0 Å². The van der Waals surface area contributed by atoms with Gasteiger partial charge in [0, 0.05) is 20.1 Å². The van der Waals surface area contributed by atoms with E-state index < -0.39 is 0 Å². The molecule has 0 aromatic carbocycles. The van der Waals surface area contributed by atoms with E-state index in [1.807, 2.05) is 7.05 Å². The van der Waals surface area contributed by atoms with Crippen LogP contribution in [0.5, 0.6) is 0 Å². The Hall–Kier alpha value is -0.880. The highest BCUT2D eigenvalue weighted by atomic mass is 79.9. The van der Waals surface area contributed by atoms with E-state index in [1.54, 1.807) is 13.2 Å². The summed E-state index contributed by atoms with van der Waals surface area (Å²) in [6, 6.07) is 0.403. The van der Waals surface area contributed by atoms with Crippen LogP contribution in [0.25, 0.3) is 0 Å². The number of halogens is 1. The summed E-state index contributed by atoms with van der Waals surface area (Å²) in [5.41, 5.74) is 6.55. The minimum absolute atomic E-state index is 0.110. The molecule has 2 N–H and O–H groups in total. The lowest BCUT2D eigenvalue weighted by Gasteiger charge is -2.31. The normalized spacial score (nSPS) is 23.3. The second kappa shape index (κ2) is 5.40. The van der Waals surface area contributed by atoms with E-state index in [4.69, 9.17) is 5.73 Å². The largest absolute Gasteiger partial charge is 0.369 e. The lowest BCUT2D eigenvalue weighted by atomic mass is 10.0. The van der Waals surface area contributed by atoms with Crippen molar-refractivity contribution >= 4 is 21.6 Å². The molecular formula is C12H19BrN4O. The first-order chi connectivity index (χ1) is 8.56. The van der Waals surface area contributed by atoms with Crippen LogP contribution in [-0.4, -0.2) is 29.4 Å². The first kappa shape index (κ1) is 13.5. The van der Waals surface area contributed by atoms with Gasteiger partial charge < -0.3 is 10.6 Å². The second-order valence-electron chi connectivity index (χ2n) is 4.88. The first-order valence-corrected chi connectivity index (χ1v) is 7.00. The lowest BCUT2D eigenvalue weighted by molar-refractivity contribution is 0.473. The van der Waals surface area contributed by atoms with E-state index in [2.05, 4.69) is 25.9 Å². The SMILES string of the molecule is CN(c1cnn(C)c(=O)c1Br)C1CCCC1CN. The van der Waals surface area contributed by atoms with Gasteiger partial charge in [-0.3, -0.25) is 4.79 Å². The topological polar surface area (TPSA) is 64.2 Å². The number of hydrogen-bond acceptors (Lipinski definition) is 4. The highest BCUT2D eigenvalue weighted by Crippen LogP contribution is 2.33. The maximum atomic E-state index is 11.9. The Morgan fingerprint density at radius 3 is 3.00 bits per heavy atom. The fourth-order valence-electron chi connectivity index (χ4n) is 2.73. The highest BCUT2D eigenvalue weighted by molar-refractivity contribution is 9.10. The molecule has 0 bridgehead atoms. The third-order valence-corrected chi connectivity index (χ3v) is 4.60. The predicted molar refractivity (Wildman–Crippen MR) is 75.8 cm³/mol. The van der Waals surface area contributed by atoms with Crippen molar-refractivity contribution in [2.45, 2.75) is 25.3 Å². The highest BCUT2D eigenvalue weighted by Gasteiger charge is 2.30. The standard InChI is InChI=1S/C12H19BrN4O/c1-16(9-5-3-4-8(9)6-14)10-7-15-17(2)12(18)11(10)13/h7-9H,3-6,14H2,1-2H3. The minimum Gasteiger partial charge on any atom is -0.369 e. The average molecular weight is 315 g/mol. The van der Waals surface area contributed by atoms with Crippen molar-refractivity contribution in [3.05, 3.63) is 21.0 Å². The summed E-state index contributed by atoms with van der Waals surface area (Å²) >= 11 is 3.37. The van der Waals surface area contributed by atoms with E-state index in [9.17, 15) is 4.79 Å². The van der Waals surface area contributed by atoms with E-state index in [0.29, 0.717) is 23.0 Å². The van der Waals surface area contributed by atoms with Gasteiger partial charge >= 0.3 is 0 Å². The van der Waals surface area contributed by atoms with E-state index in [1.165, 1.54) is 17.5 Å². The monoisotopic (exact) mass is 314 g/mol. The third-order valence-electron chi connectivity index (χ3n) is 3.86. The summed E-state index contributed by atoms with van der Waals surface area (Å²) in [5.74, 6) is 0.506. The molecule has 2 atom stereocenters. The predicted octanol–water partition coefficient (Wildman–Crippen LogP) is 1.11. The lowest BCUT2D eigenvalue weighted by Crippen LogP contribution is -2.39. The van der Waals surface area contributed by atoms with E-state index in [0.717, 1.165) is 12.1 Å². The molecule has 1 aromatic heterocycles. The number of aromatic nitrogens is 2. The quantitative estimate of drug-likeness (QED) is 0.907. The first-order valence-electron chi connectivity index (χ1n) is 6.21. The molecule has 2 unspecified atom stereocenters. The number of anilines is 1. The molecule has 1 saturated carbocycles. The van der Waals surface area contributed by atoms with Crippen LogP contribution in [0, 0.1) is 5.92 Å². The van der Waals surface area contributed by atoms with Crippen molar-refractivity contribution in [2.24, 2.45) is 18.7 Å². The van der Waals surface area contributed by atoms with Crippen LogP contribution in [0.1, 0.15) is 19.3 Å². The molecule has 1 fully saturated rings. The van der Waals surface area contributed by atoms with Gasteiger partial charge in [0.15, 0.2) is 0 Å². The molecule has 0 spiro atoms. The number of hydrogen-bond donors (Lipinski definition) is 1. The van der Waals surface area contributed by atoms with Gasteiger partial charge in [0.25, 0.3) is 5.56 Å². The zero-order valence-electron chi connectivity index (χ0n) is 10.8. The van der Waals surface area contributed by atoms with Crippen LogP contribution in [0.3, 0.4) is 0 Å². The molecule has 2 rings (SSSR count). The summed E-state index contributed by atoms with van der Waals surface area (Å²) in [6.45, 7) is 0.699. The van der Waals surface area contributed by atoms with Crippen LogP contribution in [0.2, 0.25) is 0 Å². The van der Waals surface area contributed by atoms with Gasteiger partial charge in [-0.2, -0.15) is 5.10 Å². The minimum atomic E-state index is -0.110. The number of nitrogens with two attached hydrogens (primary N) is 1. The molecule has 6 heteroatoms. The summed E-state index contributed by atoms with van der Waals surface area (Å²) in [6.07, 6.45) is 5.23.